The first-order valence-corrected chi connectivity index (χ1v) is 4.74. The van der Waals surface area contributed by atoms with Gasteiger partial charge < -0.3 is 4.74 Å². The molecule has 14 heavy (non-hydrogen) atoms. The van der Waals surface area contributed by atoms with Crippen molar-refractivity contribution in [1.82, 2.24) is 0 Å². The predicted octanol–water partition coefficient (Wildman–Crippen LogP) is 1.72. The highest BCUT2D eigenvalue weighted by Gasteiger charge is 2.08. The van der Waals surface area contributed by atoms with Crippen molar-refractivity contribution in [2.75, 3.05) is 0 Å². The third kappa shape index (κ3) is 2.88. The van der Waals surface area contributed by atoms with Crippen LogP contribution in [-0.2, 0) is 23.8 Å². The van der Waals surface area contributed by atoms with Crippen molar-refractivity contribution in [2.24, 2.45) is 0 Å². The summed E-state index contributed by atoms with van der Waals surface area (Å²) in [6.45, 7) is 2.05. The minimum Gasteiger partial charge on any atom is -0.367 e. The predicted molar refractivity (Wildman–Crippen MR) is 59.3 cm³/mol. The summed E-state index contributed by atoms with van der Waals surface area (Å²) in [5, 5.41) is 6.76. The molecule has 0 atom stereocenters. The van der Waals surface area contributed by atoms with E-state index < -0.39 is 5.30 Å². The topological polar surface area (TPSA) is 50.1 Å². The molecule has 0 amide bonds. The maximum atomic E-state index is 10.5. The van der Waals surface area contributed by atoms with Crippen LogP contribution in [0.25, 0.3) is 0 Å². The summed E-state index contributed by atoms with van der Waals surface area (Å²) in [5.74, 6) is -0.146. The zero-order valence-electron chi connectivity index (χ0n) is 7.83. The fourth-order valence-electron chi connectivity index (χ4n) is 1.04. The van der Waals surface area contributed by atoms with Gasteiger partial charge in [-0.25, -0.2) is 0 Å². The highest BCUT2D eigenvalue weighted by molar-refractivity contribution is 7.76. The lowest BCUT2D eigenvalue weighted by molar-refractivity contribution is 0.224. The van der Waals surface area contributed by atoms with Gasteiger partial charge in [0.15, 0.2) is 0 Å². The second-order valence-corrected chi connectivity index (χ2v) is 3.18. The summed E-state index contributed by atoms with van der Waals surface area (Å²) in [7, 11) is 0. The summed E-state index contributed by atoms with van der Waals surface area (Å²) in [6, 6.07) is 7.34. The molecule has 4 heteroatoms. The molecule has 0 saturated heterocycles. The summed E-state index contributed by atoms with van der Waals surface area (Å²) < 4.78 is 4.57. The Hall–Kier alpha value is -1.29. The molecule has 0 aliphatic heterocycles. The molecule has 0 bridgehead atoms. The van der Waals surface area contributed by atoms with E-state index in [0.29, 0.717) is 5.56 Å². The van der Waals surface area contributed by atoms with Gasteiger partial charge in [-0.05, 0) is 24.1 Å². The highest BCUT2D eigenvalue weighted by Crippen LogP contribution is 2.06. The Kier molecular flexibility index (Phi) is 3.71. The van der Waals surface area contributed by atoms with Gasteiger partial charge in [-0.1, -0.05) is 19.1 Å². The summed E-state index contributed by atoms with van der Waals surface area (Å²) in [5.41, 5.74) is 1.78. The van der Waals surface area contributed by atoms with E-state index >= 15 is 0 Å². The molecule has 0 aromatic heterocycles. The number of hydrogen-bond acceptors (Lipinski definition) is 3. The van der Waals surface area contributed by atoms with E-state index in [1.54, 1.807) is 12.1 Å². The van der Waals surface area contributed by atoms with Crippen LogP contribution in [0.15, 0.2) is 24.3 Å². The Morgan fingerprint density at radius 1 is 1.43 bits per heavy atom. The van der Waals surface area contributed by atoms with Crippen LogP contribution in [0.2, 0.25) is 0 Å². The molecule has 0 fully saturated rings. The number of benzene rings is 1. The van der Waals surface area contributed by atoms with Gasteiger partial charge in [0.2, 0.25) is 5.90 Å². The normalized spacial score (nSPS) is 9.57. The van der Waals surface area contributed by atoms with Gasteiger partial charge in [0, 0.05) is 5.56 Å². The lowest BCUT2D eigenvalue weighted by Gasteiger charge is -2.01. The molecule has 0 radical (unpaired) electrons. The van der Waals surface area contributed by atoms with Crippen LogP contribution >= 0.6 is 0 Å². The van der Waals surface area contributed by atoms with E-state index in [1.165, 1.54) is 5.56 Å². The van der Waals surface area contributed by atoms with Crippen molar-refractivity contribution in [3.63, 3.8) is 0 Å². The van der Waals surface area contributed by atoms with Crippen molar-refractivity contribution in [3.05, 3.63) is 35.4 Å². The number of hydrogen-bond donors (Lipinski definition) is 1. The minimum absolute atomic E-state index is 0.146. The molecule has 0 saturated carbocycles. The Balaban J connectivity index is 2.76. The standard InChI is InChI=1S/C10H11NO2S/c1-2-7-3-5-8(6-4-7)9(11)13-10(12)14/h3-6,11H,2H2,1H3,(H,12,14)/p+1. The second kappa shape index (κ2) is 4.81. The van der Waals surface area contributed by atoms with Gasteiger partial charge in [0.1, 0.15) is 0 Å². The fourth-order valence-corrected chi connectivity index (χ4v) is 1.15. The van der Waals surface area contributed by atoms with Gasteiger partial charge >= 0.3 is 5.30 Å². The number of ether oxygens (including phenoxy) is 1. The first kappa shape index (κ1) is 10.8. The van der Waals surface area contributed by atoms with Crippen LogP contribution in [0.3, 0.4) is 0 Å². The molecule has 1 N–H and O–H groups in total. The second-order valence-electron chi connectivity index (χ2n) is 2.77. The Labute approximate surface area is 88.0 Å². The van der Waals surface area contributed by atoms with Crippen LogP contribution in [0.1, 0.15) is 18.1 Å². The number of carbonyl (C=O) groups excluding carboxylic acids is 1. The van der Waals surface area contributed by atoms with E-state index in [-0.39, 0.29) is 5.90 Å². The van der Waals surface area contributed by atoms with E-state index in [2.05, 4.69) is 24.3 Å². The molecule has 0 aliphatic carbocycles. The van der Waals surface area contributed by atoms with Crippen molar-refractivity contribution in [1.29, 1.82) is 5.41 Å². The monoisotopic (exact) mass is 210 g/mol. The van der Waals surface area contributed by atoms with Crippen molar-refractivity contribution in [3.8, 4) is 0 Å². The molecule has 74 valence electrons. The highest BCUT2D eigenvalue weighted by atomic mass is 32.1. The van der Waals surface area contributed by atoms with Crippen LogP contribution in [-0.4, -0.2) is 11.2 Å². The molecular formula is C10H12NO2S+. The number of carbonyl (C=O) groups is 1. The lowest BCUT2D eigenvalue weighted by atomic mass is 10.1. The van der Waals surface area contributed by atoms with Crippen molar-refractivity contribution >= 4 is 23.8 Å². The minimum atomic E-state index is -0.658. The van der Waals surface area contributed by atoms with Gasteiger partial charge in [-0.3, -0.25) is 5.41 Å². The van der Waals surface area contributed by atoms with E-state index in [1.807, 2.05) is 12.1 Å². The van der Waals surface area contributed by atoms with Crippen molar-refractivity contribution in [2.45, 2.75) is 13.3 Å². The lowest BCUT2D eigenvalue weighted by Crippen LogP contribution is -2.08. The van der Waals surface area contributed by atoms with Crippen LogP contribution in [0.5, 0.6) is 0 Å². The molecule has 0 aliphatic rings. The van der Waals surface area contributed by atoms with Crippen LogP contribution < -0.4 is 0 Å². The molecule has 1 rings (SSSR count). The molecule has 1 aromatic rings. The molecule has 0 spiro atoms. The van der Waals surface area contributed by atoms with Gasteiger partial charge in [0.25, 0.3) is 0 Å². The average Bonchev–Trinajstić information content (AvgIpc) is 2.17. The largest absolute Gasteiger partial charge is 0.527 e. The van der Waals surface area contributed by atoms with Gasteiger partial charge in [-0.15, -0.1) is 0 Å². The number of rotatable bonds is 2. The number of aryl methyl sites for hydroxylation is 1. The Morgan fingerprint density at radius 3 is 2.43 bits per heavy atom. The Bertz CT molecular complexity index is 346. The van der Waals surface area contributed by atoms with E-state index in [9.17, 15) is 4.79 Å². The quantitative estimate of drug-likeness (QED) is 0.350. The molecule has 0 unspecified atom stereocenters. The molecule has 1 aromatic carbocycles. The third-order valence-electron chi connectivity index (χ3n) is 1.82. The zero-order chi connectivity index (χ0) is 10.6. The summed E-state index contributed by atoms with van der Waals surface area (Å²) >= 11 is 2.65. The zero-order valence-corrected chi connectivity index (χ0v) is 8.83. The maximum Gasteiger partial charge on any atom is 0.527 e. The SMILES string of the molecule is CCc1ccc(C(=N)OC(=O)[SH2+])cc1. The van der Waals surface area contributed by atoms with Gasteiger partial charge in [-0.2, -0.15) is 4.79 Å². The van der Waals surface area contributed by atoms with Crippen LogP contribution in [0, 0.1) is 5.41 Å². The molecular weight excluding hydrogens is 198 g/mol. The summed E-state index contributed by atoms with van der Waals surface area (Å²) in [4.78, 5) is 10.5. The number of nitrogens with one attached hydrogen (secondary N) is 1. The summed E-state index contributed by atoms with van der Waals surface area (Å²) in [6.07, 6.45) is 0.950. The van der Waals surface area contributed by atoms with E-state index in [4.69, 9.17) is 5.41 Å². The van der Waals surface area contributed by atoms with Gasteiger partial charge in [0.05, 0.1) is 12.6 Å². The van der Waals surface area contributed by atoms with E-state index in [0.717, 1.165) is 6.42 Å². The Morgan fingerprint density at radius 2 is 2.00 bits per heavy atom. The van der Waals surface area contributed by atoms with Crippen molar-refractivity contribution < 1.29 is 9.53 Å². The third-order valence-corrected chi connectivity index (χ3v) is 1.92. The smallest absolute Gasteiger partial charge is 0.367 e. The first-order chi connectivity index (χ1) is 6.63. The fraction of sp³-hybridized carbons (Fsp3) is 0.200. The molecule has 3 nitrogen and oxygen atoms in total. The molecule has 0 heterocycles. The van der Waals surface area contributed by atoms with Crippen LogP contribution in [0.4, 0.5) is 4.79 Å². The first-order valence-electron chi connectivity index (χ1n) is 4.24. The maximum absolute atomic E-state index is 10.5. The average molecular weight is 210 g/mol.